The predicted molar refractivity (Wildman–Crippen MR) is 192 cm³/mol. The maximum atomic E-state index is 16.7. The van der Waals surface area contributed by atoms with Crippen molar-refractivity contribution in [3.05, 3.63) is 102 Å². The largest absolute Gasteiger partial charge is 0.432 e. The maximum Gasteiger partial charge on any atom is 0.324 e. The molecular formula is C37H29F2N9O4S. The number of piperazine rings is 1. The highest BCUT2D eigenvalue weighted by Gasteiger charge is 2.34. The van der Waals surface area contributed by atoms with E-state index in [9.17, 15) is 17.6 Å². The molecule has 1 amide bonds. The molecule has 2 fully saturated rings. The minimum Gasteiger partial charge on any atom is -0.432 e. The Hall–Kier alpha value is -6.31. The number of benzene rings is 3. The maximum absolute atomic E-state index is 16.7. The second kappa shape index (κ2) is 13.3. The zero-order valence-electron chi connectivity index (χ0n) is 28.0. The third kappa shape index (κ3) is 6.30. The van der Waals surface area contributed by atoms with Crippen LogP contribution in [0, 0.1) is 30.9 Å². The van der Waals surface area contributed by atoms with Gasteiger partial charge in [0.05, 0.1) is 15.8 Å². The van der Waals surface area contributed by atoms with E-state index in [4.69, 9.17) is 11.2 Å². The van der Waals surface area contributed by atoms with Crippen molar-refractivity contribution < 1.29 is 26.7 Å². The molecule has 2 aliphatic rings. The average molecular weight is 734 g/mol. The fourth-order valence-corrected chi connectivity index (χ4v) is 7.86. The van der Waals surface area contributed by atoms with Crippen molar-refractivity contribution in [1.82, 2.24) is 34.4 Å². The monoisotopic (exact) mass is 733 g/mol. The number of hydrogen-bond acceptors (Lipinski definition) is 11. The molecule has 0 spiro atoms. The Bertz CT molecular complexity index is 2610. The minimum atomic E-state index is -3.95. The van der Waals surface area contributed by atoms with Crippen LogP contribution in [0.4, 0.5) is 20.3 Å². The van der Waals surface area contributed by atoms with E-state index in [1.807, 2.05) is 4.90 Å². The number of halogens is 2. The number of carbonyl (C=O) groups excluding carboxylic acids is 1. The Kier molecular flexibility index (Phi) is 8.51. The van der Waals surface area contributed by atoms with Crippen LogP contribution in [0.5, 0.6) is 6.01 Å². The fourth-order valence-electron chi connectivity index (χ4n) is 6.77. The third-order valence-corrected chi connectivity index (χ3v) is 10.7. The zero-order chi connectivity index (χ0) is 36.9. The molecule has 13 nitrogen and oxygen atoms in total. The highest BCUT2D eigenvalue weighted by molar-refractivity contribution is 7.89. The lowest BCUT2D eigenvalue weighted by Crippen LogP contribution is -2.51. The van der Waals surface area contributed by atoms with E-state index >= 15 is 4.39 Å². The van der Waals surface area contributed by atoms with Crippen LogP contribution < -0.4 is 20.3 Å². The van der Waals surface area contributed by atoms with Crippen LogP contribution in [0.3, 0.4) is 0 Å². The van der Waals surface area contributed by atoms with Crippen LogP contribution in [0.15, 0.2) is 84.4 Å². The van der Waals surface area contributed by atoms with Crippen molar-refractivity contribution in [2.24, 2.45) is 0 Å². The van der Waals surface area contributed by atoms with Crippen molar-refractivity contribution in [1.29, 1.82) is 0 Å². The Morgan fingerprint density at radius 1 is 1.06 bits per heavy atom. The summed E-state index contributed by atoms with van der Waals surface area (Å²) < 4.78 is 63.5. The summed E-state index contributed by atoms with van der Waals surface area (Å²) in [6, 6.07) is 13.7. The molecule has 5 heterocycles. The molecule has 0 unspecified atom stereocenters. The number of aromatic nitrogens is 6. The van der Waals surface area contributed by atoms with Gasteiger partial charge in [-0.1, -0.05) is 30.2 Å². The Labute approximate surface area is 301 Å². The number of rotatable bonds is 8. The number of hydrogen-bond donors (Lipinski definition) is 2. The third-order valence-electron chi connectivity index (χ3n) is 9.20. The summed E-state index contributed by atoms with van der Waals surface area (Å²) in [5, 5.41) is 11.4. The van der Waals surface area contributed by atoms with E-state index < -0.39 is 27.6 Å². The number of pyridine rings is 1. The first-order valence-corrected chi connectivity index (χ1v) is 18.0. The standard InChI is InChI=1S/C37H29F2N9O4S/c1-3-27-30(38)14-7-22-5-4-6-28(32(22)27)34-33(39)35-29(17-40-34)36(47-18-24-8-9-25(19-47)42-24)45-37(44-35)52-16-15-31(49)43-23-10-12-26(13-11-23)53(50,51)48-20-41-21(2)46-48/h1,4-7,10-17,20,24-25,42H,8-9,18-19H2,2H3,(H,43,49)/t24-,25+. The second-order valence-electron chi connectivity index (χ2n) is 12.6. The van der Waals surface area contributed by atoms with Crippen LogP contribution in [0.25, 0.3) is 32.9 Å². The molecule has 0 aliphatic carbocycles. The van der Waals surface area contributed by atoms with Gasteiger partial charge in [0.2, 0.25) is 0 Å². The van der Waals surface area contributed by atoms with Gasteiger partial charge >= 0.3 is 6.01 Å². The average Bonchev–Trinajstić information content (AvgIpc) is 3.75. The highest BCUT2D eigenvalue weighted by Crippen LogP contribution is 2.37. The van der Waals surface area contributed by atoms with E-state index in [0.717, 1.165) is 35.6 Å². The van der Waals surface area contributed by atoms with Crippen LogP contribution in [0.2, 0.25) is 0 Å². The predicted octanol–water partition coefficient (Wildman–Crippen LogP) is 4.71. The molecule has 2 atom stereocenters. The molecule has 2 N–H and O–H groups in total. The lowest BCUT2D eigenvalue weighted by Gasteiger charge is -2.34. The minimum absolute atomic E-state index is 0.00525. The first-order chi connectivity index (χ1) is 25.6. The highest BCUT2D eigenvalue weighted by atomic mass is 32.2. The van der Waals surface area contributed by atoms with Crippen LogP contribution >= 0.6 is 0 Å². The molecule has 8 rings (SSSR count). The molecule has 2 aliphatic heterocycles. The van der Waals surface area contributed by atoms with Crippen molar-refractivity contribution in [2.75, 3.05) is 23.3 Å². The lowest BCUT2D eigenvalue weighted by molar-refractivity contribution is -0.112. The van der Waals surface area contributed by atoms with E-state index in [1.54, 1.807) is 31.2 Å². The van der Waals surface area contributed by atoms with Crippen LogP contribution in [0.1, 0.15) is 24.2 Å². The number of aryl methyl sites for hydroxylation is 1. The van der Waals surface area contributed by atoms with Crippen molar-refractivity contribution in [3.8, 4) is 29.6 Å². The quantitative estimate of drug-likeness (QED) is 0.127. The van der Waals surface area contributed by atoms with Gasteiger partial charge in [-0.05, 0) is 55.5 Å². The van der Waals surface area contributed by atoms with Gasteiger partial charge in [-0.25, -0.2) is 13.8 Å². The van der Waals surface area contributed by atoms with Gasteiger partial charge < -0.3 is 20.3 Å². The number of ether oxygens (including phenoxy) is 1. The summed E-state index contributed by atoms with van der Waals surface area (Å²) in [7, 11) is -3.95. The van der Waals surface area contributed by atoms with E-state index in [0.29, 0.717) is 52.1 Å². The fraction of sp³-hybridized carbons (Fsp3) is 0.189. The van der Waals surface area contributed by atoms with Crippen LogP contribution in [-0.4, -0.2) is 68.6 Å². The lowest BCUT2D eigenvalue weighted by atomic mass is 9.96. The molecule has 2 saturated heterocycles. The van der Waals surface area contributed by atoms with Gasteiger partial charge in [-0.2, -0.15) is 18.4 Å². The van der Waals surface area contributed by atoms with Gasteiger partial charge in [-0.15, -0.1) is 15.6 Å². The first-order valence-electron chi connectivity index (χ1n) is 16.5. The summed E-state index contributed by atoms with van der Waals surface area (Å²) >= 11 is 0. The number of nitrogens with zero attached hydrogens (tertiary/aromatic N) is 7. The van der Waals surface area contributed by atoms with E-state index in [-0.39, 0.29) is 39.8 Å². The summed E-state index contributed by atoms with van der Waals surface area (Å²) in [6.45, 7) is 2.81. The summed E-state index contributed by atoms with van der Waals surface area (Å²) in [5.74, 6) is 1.13. The topological polar surface area (TPSA) is 157 Å². The number of carbonyl (C=O) groups is 1. The van der Waals surface area contributed by atoms with E-state index in [1.165, 1.54) is 36.5 Å². The van der Waals surface area contributed by atoms with Crippen molar-refractivity contribution in [3.63, 3.8) is 0 Å². The van der Waals surface area contributed by atoms with Crippen LogP contribution in [-0.2, 0) is 14.8 Å². The molecule has 266 valence electrons. The number of terminal acetylenes is 1. The SMILES string of the molecule is C#Cc1c(F)ccc2cccc(-c3ncc4c(N5C[C@H]6CC[C@@H](C5)N6)nc(OC=CC(=O)Nc5ccc(S(=O)(=O)n6cnc(C)n6)cc5)nc4c3F)c12. The molecule has 53 heavy (non-hydrogen) atoms. The molecule has 2 bridgehead atoms. The smallest absolute Gasteiger partial charge is 0.324 e. The Balaban J connectivity index is 1.10. The van der Waals surface area contributed by atoms with E-state index in [2.05, 4.69) is 41.6 Å². The number of amides is 1. The molecule has 16 heteroatoms. The molecule has 0 saturated carbocycles. The molecule has 3 aromatic carbocycles. The van der Waals surface area contributed by atoms with Gasteiger partial charge in [0.1, 0.15) is 41.3 Å². The van der Waals surface area contributed by atoms with Gasteiger partial charge in [0.25, 0.3) is 15.9 Å². The Morgan fingerprint density at radius 2 is 1.83 bits per heavy atom. The van der Waals surface area contributed by atoms with Gasteiger partial charge in [0.15, 0.2) is 5.82 Å². The first kappa shape index (κ1) is 33.8. The molecule has 0 radical (unpaired) electrons. The number of fused-ring (bicyclic) bond motifs is 4. The van der Waals surface area contributed by atoms with Gasteiger partial charge in [-0.3, -0.25) is 9.78 Å². The van der Waals surface area contributed by atoms with Gasteiger partial charge in [0, 0.05) is 54.1 Å². The summed E-state index contributed by atoms with van der Waals surface area (Å²) in [5.41, 5.74) is 0.452. The number of anilines is 2. The molecule has 6 aromatic rings. The zero-order valence-corrected chi connectivity index (χ0v) is 28.8. The van der Waals surface area contributed by atoms with Crippen molar-refractivity contribution >= 4 is 49.1 Å². The summed E-state index contributed by atoms with van der Waals surface area (Å²) in [4.78, 5) is 32.1. The summed E-state index contributed by atoms with van der Waals surface area (Å²) in [6.07, 6.45) is 12.4. The molecular weight excluding hydrogens is 705 g/mol. The van der Waals surface area contributed by atoms with Crippen molar-refractivity contribution in [2.45, 2.75) is 36.7 Å². The molecule has 3 aromatic heterocycles. The normalized spacial score (nSPS) is 17.1. The number of nitrogens with one attached hydrogen (secondary N) is 2. The Morgan fingerprint density at radius 3 is 2.55 bits per heavy atom. The second-order valence-corrected chi connectivity index (χ2v) is 14.4.